The van der Waals surface area contributed by atoms with Crippen molar-refractivity contribution in [2.45, 2.75) is 13.8 Å². The summed E-state index contributed by atoms with van der Waals surface area (Å²) in [6.07, 6.45) is 0. The van der Waals surface area contributed by atoms with Gasteiger partial charge in [-0.05, 0) is 12.8 Å². The molecule has 5 nitrogen and oxygen atoms in total. The lowest BCUT2D eigenvalue weighted by Crippen LogP contribution is -2.22. The Hall–Kier alpha value is -0.400. The van der Waals surface area contributed by atoms with Gasteiger partial charge in [0.1, 0.15) is 5.01 Å². The summed E-state index contributed by atoms with van der Waals surface area (Å²) >= 11 is 6.75. The second-order valence-corrected chi connectivity index (χ2v) is 6.53. The summed E-state index contributed by atoms with van der Waals surface area (Å²) in [5.74, 6) is 0.226. The molecule has 0 fully saturated rings. The van der Waals surface area contributed by atoms with E-state index in [2.05, 4.69) is 14.9 Å². The number of rotatable bonds is 5. The smallest absolute Gasteiger partial charge is 0.234 e. The molecular weight excluding hydrogens is 258 g/mol. The van der Waals surface area contributed by atoms with Crippen molar-refractivity contribution in [1.29, 1.82) is 0 Å². The molecule has 86 valence electrons. The Morgan fingerprint density at radius 1 is 1.53 bits per heavy atom. The highest BCUT2D eigenvalue weighted by atomic mass is 35.5. The molecule has 0 amide bonds. The number of halogens is 1. The summed E-state index contributed by atoms with van der Waals surface area (Å²) in [5.41, 5.74) is 0. The highest BCUT2D eigenvalue weighted by Crippen LogP contribution is 2.16. The van der Waals surface area contributed by atoms with Crippen LogP contribution in [-0.4, -0.2) is 30.2 Å². The van der Waals surface area contributed by atoms with Crippen molar-refractivity contribution >= 4 is 38.1 Å². The topological polar surface area (TPSA) is 72.0 Å². The molecule has 0 aliphatic rings. The van der Waals surface area contributed by atoms with Gasteiger partial charge in [-0.15, -0.1) is 21.8 Å². The average molecular weight is 270 g/mol. The molecule has 0 aromatic carbocycles. The van der Waals surface area contributed by atoms with Crippen LogP contribution in [0.4, 0.5) is 5.13 Å². The van der Waals surface area contributed by atoms with E-state index in [9.17, 15) is 8.42 Å². The van der Waals surface area contributed by atoms with Crippen molar-refractivity contribution < 1.29 is 8.42 Å². The molecule has 1 aromatic rings. The second-order valence-electron chi connectivity index (χ2n) is 3.27. The second kappa shape index (κ2) is 5.09. The van der Waals surface area contributed by atoms with Gasteiger partial charge in [0, 0.05) is 5.88 Å². The summed E-state index contributed by atoms with van der Waals surface area (Å²) in [5, 5.41) is 8.42. The summed E-state index contributed by atoms with van der Waals surface area (Å²) in [6, 6.07) is 0. The molecule has 1 unspecified atom stereocenters. The number of nitrogens with zero attached hydrogens (tertiary/aromatic N) is 2. The molecule has 0 saturated carbocycles. The predicted octanol–water partition coefficient (Wildman–Crippen LogP) is 1.46. The van der Waals surface area contributed by atoms with Gasteiger partial charge in [0.25, 0.3) is 0 Å². The zero-order valence-corrected chi connectivity index (χ0v) is 10.8. The molecule has 1 atom stereocenters. The molecule has 15 heavy (non-hydrogen) atoms. The maximum Gasteiger partial charge on any atom is 0.234 e. The first-order chi connectivity index (χ1) is 6.93. The first-order valence-corrected chi connectivity index (χ1v) is 7.30. The fourth-order valence-corrected chi connectivity index (χ4v) is 3.42. The van der Waals surface area contributed by atoms with Crippen LogP contribution in [0.2, 0.25) is 0 Å². The number of sulfonamides is 1. The molecule has 1 aromatic heterocycles. The summed E-state index contributed by atoms with van der Waals surface area (Å²) in [7, 11) is -3.36. The number of anilines is 1. The number of nitrogens with one attached hydrogen (secondary N) is 1. The van der Waals surface area contributed by atoms with E-state index in [0.29, 0.717) is 11.0 Å². The molecule has 8 heteroatoms. The van der Waals surface area contributed by atoms with Gasteiger partial charge < -0.3 is 0 Å². The molecule has 1 heterocycles. The first-order valence-electron chi connectivity index (χ1n) is 4.29. The molecule has 0 spiro atoms. The molecular formula is C7H12ClN3O2S2. The fraction of sp³-hybridized carbons (Fsp3) is 0.714. The molecule has 1 rings (SSSR count). The minimum absolute atomic E-state index is 0.00483. The predicted molar refractivity (Wildman–Crippen MR) is 61.9 cm³/mol. The third-order valence-corrected chi connectivity index (χ3v) is 4.46. The maximum absolute atomic E-state index is 11.5. The summed E-state index contributed by atoms with van der Waals surface area (Å²) in [6.45, 7) is 3.54. The van der Waals surface area contributed by atoms with Crippen LogP contribution in [0.15, 0.2) is 0 Å². The van der Waals surface area contributed by atoms with Gasteiger partial charge in [-0.2, -0.15) is 0 Å². The van der Waals surface area contributed by atoms with Gasteiger partial charge in [-0.3, -0.25) is 4.72 Å². The van der Waals surface area contributed by atoms with Crippen molar-refractivity contribution in [3.05, 3.63) is 5.01 Å². The van der Waals surface area contributed by atoms with Crippen molar-refractivity contribution in [2.24, 2.45) is 5.92 Å². The molecule has 0 aliphatic heterocycles. The van der Waals surface area contributed by atoms with Crippen LogP contribution in [0.25, 0.3) is 0 Å². The van der Waals surface area contributed by atoms with Crippen LogP contribution in [0.1, 0.15) is 11.9 Å². The lowest BCUT2D eigenvalue weighted by molar-refractivity contribution is 0.588. The Morgan fingerprint density at radius 3 is 2.67 bits per heavy atom. The van der Waals surface area contributed by atoms with Gasteiger partial charge in [0.05, 0.1) is 5.75 Å². The molecule has 0 radical (unpaired) electrons. The monoisotopic (exact) mass is 269 g/mol. The Labute approximate surface area is 97.9 Å². The minimum atomic E-state index is -3.36. The highest BCUT2D eigenvalue weighted by Gasteiger charge is 2.16. The quantitative estimate of drug-likeness (QED) is 0.822. The van der Waals surface area contributed by atoms with Gasteiger partial charge in [-0.1, -0.05) is 18.3 Å². The summed E-state index contributed by atoms with van der Waals surface area (Å²) < 4.78 is 25.5. The van der Waals surface area contributed by atoms with E-state index < -0.39 is 10.0 Å². The lowest BCUT2D eigenvalue weighted by Gasteiger charge is -2.08. The highest BCUT2D eigenvalue weighted by molar-refractivity contribution is 7.92. The van der Waals surface area contributed by atoms with E-state index in [1.165, 1.54) is 11.3 Å². The molecule has 0 bridgehead atoms. The van der Waals surface area contributed by atoms with Crippen molar-refractivity contribution in [1.82, 2.24) is 10.2 Å². The van der Waals surface area contributed by atoms with Gasteiger partial charge in [-0.25, -0.2) is 8.42 Å². The van der Waals surface area contributed by atoms with Crippen LogP contribution in [-0.2, 0) is 10.0 Å². The van der Waals surface area contributed by atoms with Gasteiger partial charge in [0.2, 0.25) is 15.2 Å². The SMILES string of the molecule is Cc1nnc(NS(=O)(=O)CC(C)CCl)s1. The largest absolute Gasteiger partial charge is 0.257 e. The van der Waals surface area contributed by atoms with Crippen molar-refractivity contribution in [3.8, 4) is 0 Å². The van der Waals surface area contributed by atoms with Crippen molar-refractivity contribution in [2.75, 3.05) is 16.4 Å². The Balaban J connectivity index is 2.64. The number of alkyl halides is 1. The Bertz CT molecular complexity index is 418. The van der Waals surface area contributed by atoms with E-state index in [4.69, 9.17) is 11.6 Å². The van der Waals surface area contributed by atoms with Crippen LogP contribution < -0.4 is 4.72 Å². The normalized spacial score (nSPS) is 13.8. The Morgan fingerprint density at radius 2 is 2.20 bits per heavy atom. The number of aromatic nitrogens is 2. The third-order valence-electron chi connectivity index (χ3n) is 1.54. The van der Waals surface area contributed by atoms with E-state index in [1.807, 2.05) is 0 Å². The lowest BCUT2D eigenvalue weighted by atomic mass is 10.3. The molecule has 0 aliphatic carbocycles. The standard InChI is InChI=1S/C7H12ClN3O2S2/c1-5(3-8)4-15(12,13)11-7-10-9-6(2)14-7/h5H,3-4H2,1-2H3,(H,10,11). The van der Waals surface area contributed by atoms with Crippen LogP contribution in [0, 0.1) is 12.8 Å². The molecule has 1 N–H and O–H groups in total. The van der Waals surface area contributed by atoms with E-state index in [-0.39, 0.29) is 11.7 Å². The molecule has 0 saturated heterocycles. The van der Waals surface area contributed by atoms with E-state index in [0.717, 1.165) is 5.01 Å². The zero-order valence-electron chi connectivity index (χ0n) is 8.40. The number of hydrogen-bond acceptors (Lipinski definition) is 5. The van der Waals surface area contributed by atoms with E-state index >= 15 is 0 Å². The summed E-state index contributed by atoms with van der Waals surface area (Å²) in [4.78, 5) is 0. The van der Waals surface area contributed by atoms with E-state index in [1.54, 1.807) is 13.8 Å². The number of hydrogen-bond donors (Lipinski definition) is 1. The zero-order chi connectivity index (χ0) is 11.5. The van der Waals surface area contributed by atoms with Crippen LogP contribution in [0.5, 0.6) is 0 Å². The van der Waals surface area contributed by atoms with Crippen LogP contribution in [0.3, 0.4) is 0 Å². The van der Waals surface area contributed by atoms with Crippen LogP contribution >= 0.6 is 22.9 Å². The minimum Gasteiger partial charge on any atom is -0.257 e. The van der Waals surface area contributed by atoms with Gasteiger partial charge in [0.15, 0.2) is 0 Å². The van der Waals surface area contributed by atoms with Gasteiger partial charge >= 0.3 is 0 Å². The fourth-order valence-electron chi connectivity index (χ4n) is 0.932. The van der Waals surface area contributed by atoms with Crippen molar-refractivity contribution in [3.63, 3.8) is 0 Å². The third kappa shape index (κ3) is 4.31. The number of aryl methyl sites for hydroxylation is 1. The Kier molecular flexibility index (Phi) is 4.30. The maximum atomic E-state index is 11.5. The first kappa shape index (κ1) is 12.7. The average Bonchev–Trinajstić information content (AvgIpc) is 2.49.